The van der Waals surface area contributed by atoms with Gasteiger partial charge in [-0.2, -0.15) is 0 Å². The molecule has 7 heteroatoms. The second-order valence-electron chi connectivity index (χ2n) is 4.61. The average Bonchev–Trinajstić information content (AvgIpc) is 2.52. The lowest BCUT2D eigenvalue weighted by Crippen LogP contribution is -2.36. The predicted molar refractivity (Wildman–Crippen MR) is 75.3 cm³/mol. The van der Waals surface area contributed by atoms with Gasteiger partial charge < -0.3 is 9.64 Å². The van der Waals surface area contributed by atoms with E-state index < -0.39 is 12.1 Å². The summed E-state index contributed by atoms with van der Waals surface area (Å²) in [7, 11) is 1.27. The number of esters is 1. The Kier molecular flexibility index (Phi) is 5.27. The van der Waals surface area contributed by atoms with Crippen LogP contribution in [0, 0.1) is 0 Å². The molecule has 6 nitrogen and oxygen atoms in total. The number of ether oxygens (including phenoxy) is 1. The number of benzene rings is 1. The summed E-state index contributed by atoms with van der Waals surface area (Å²) in [5, 5.41) is 0.161. The third-order valence-corrected chi connectivity index (χ3v) is 3.48. The summed E-state index contributed by atoms with van der Waals surface area (Å²) in [5.41, 5.74) is 0.217. The zero-order chi connectivity index (χ0) is 15.2. The number of carbonyl (C=O) groups is 2. The van der Waals surface area contributed by atoms with E-state index in [0.717, 1.165) is 19.3 Å². The van der Waals surface area contributed by atoms with Crippen LogP contribution < -0.4 is 4.89 Å². The molecule has 1 aliphatic heterocycles. The van der Waals surface area contributed by atoms with Crippen molar-refractivity contribution in [2.75, 3.05) is 20.2 Å². The molecule has 21 heavy (non-hydrogen) atoms. The van der Waals surface area contributed by atoms with Crippen molar-refractivity contribution in [3.63, 3.8) is 0 Å². The highest BCUT2D eigenvalue weighted by atomic mass is 35.5. The third kappa shape index (κ3) is 4.01. The lowest BCUT2D eigenvalue weighted by atomic mass is 10.1. The first kappa shape index (κ1) is 15.4. The molecule has 0 N–H and O–H groups in total. The molecule has 2 rings (SSSR count). The number of rotatable bonds is 3. The van der Waals surface area contributed by atoms with Gasteiger partial charge in [0.25, 0.3) is 0 Å². The molecule has 0 radical (unpaired) electrons. The number of nitrogens with zero attached hydrogens (tertiary/aromatic N) is 1. The van der Waals surface area contributed by atoms with Crippen molar-refractivity contribution in [2.24, 2.45) is 0 Å². The smallest absolute Gasteiger partial charge is 0.452 e. The van der Waals surface area contributed by atoms with E-state index in [-0.39, 0.29) is 16.3 Å². The van der Waals surface area contributed by atoms with Crippen LogP contribution in [0.5, 0.6) is 5.75 Å². The minimum absolute atomic E-state index is 0.161. The molecular weight excluding hydrogens is 298 g/mol. The first-order chi connectivity index (χ1) is 10.1. The van der Waals surface area contributed by atoms with Crippen LogP contribution in [-0.4, -0.2) is 37.2 Å². The van der Waals surface area contributed by atoms with Crippen molar-refractivity contribution in [1.82, 2.24) is 4.90 Å². The summed E-state index contributed by atoms with van der Waals surface area (Å²) >= 11 is 5.94. The van der Waals surface area contributed by atoms with Gasteiger partial charge >= 0.3 is 12.1 Å². The van der Waals surface area contributed by atoms with E-state index in [4.69, 9.17) is 21.4 Å². The SMILES string of the molecule is COC(=O)c1ccc(OOC(=O)N2CCCCC2)cc1Cl. The Morgan fingerprint density at radius 1 is 1.19 bits per heavy atom. The molecule has 1 aliphatic rings. The Bertz CT molecular complexity index is 528. The molecule has 0 spiro atoms. The molecule has 0 bridgehead atoms. The fraction of sp³-hybridized carbons (Fsp3) is 0.429. The van der Waals surface area contributed by atoms with E-state index in [9.17, 15) is 9.59 Å². The maximum Gasteiger partial charge on any atom is 0.452 e. The van der Waals surface area contributed by atoms with Gasteiger partial charge in [0.05, 0.1) is 17.7 Å². The van der Waals surface area contributed by atoms with Crippen LogP contribution in [0.25, 0.3) is 0 Å². The highest BCUT2D eigenvalue weighted by Gasteiger charge is 2.19. The van der Waals surface area contributed by atoms with Crippen molar-refractivity contribution in [2.45, 2.75) is 19.3 Å². The lowest BCUT2D eigenvalue weighted by molar-refractivity contribution is -0.154. The first-order valence-corrected chi connectivity index (χ1v) is 7.01. The fourth-order valence-electron chi connectivity index (χ4n) is 2.04. The van der Waals surface area contributed by atoms with Crippen LogP contribution in [0.3, 0.4) is 0 Å². The van der Waals surface area contributed by atoms with Gasteiger partial charge in [0.2, 0.25) is 0 Å². The van der Waals surface area contributed by atoms with Crippen LogP contribution in [0.1, 0.15) is 29.6 Å². The first-order valence-electron chi connectivity index (χ1n) is 6.63. The summed E-state index contributed by atoms with van der Waals surface area (Å²) < 4.78 is 4.58. The van der Waals surface area contributed by atoms with Crippen LogP contribution in [0.2, 0.25) is 5.02 Å². The van der Waals surface area contributed by atoms with E-state index >= 15 is 0 Å². The minimum atomic E-state index is -0.545. The zero-order valence-corrected chi connectivity index (χ0v) is 12.4. The van der Waals surface area contributed by atoms with Gasteiger partial charge in [-0.15, -0.1) is 0 Å². The Balaban J connectivity index is 1.92. The van der Waals surface area contributed by atoms with Gasteiger partial charge in [0.15, 0.2) is 5.75 Å². The normalized spacial score (nSPS) is 14.5. The van der Waals surface area contributed by atoms with Gasteiger partial charge in [-0.1, -0.05) is 11.6 Å². The molecule has 0 aliphatic carbocycles. The van der Waals surface area contributed by atoms with E-state index in [1.54, 1.807) is 4.90 Å². The minimum Gasteiger partial charge on any atom is -0.465 e. The largest absolute Gasteiger partial charge is 0.465 e. The summed E-state index contributed by atoms with van der Waals surface area (Å²) in [6.07, 6.45) is 2.53. The Morgan fingerprint density at radius 3 is 2.52 bits per heavy atom. The molecule has 114 valence electrons. The molecule has 0 unspecified atom stereocenters. The molecule has 1 aromatic rings. The van der Waals surface area contributed by atoms with Crippen LogP contribution in [-0.2, 0) is 9.62 Å². The van der Waals surface area contributed by atoms with Crippen molar-refractivity contribution < 1.29 is 24.1 Å². The maximum absolute atomic E-state index is 11.7. The van der Waals surface area contributed by atoms with Gasteiger partial charge in [-0.05, 0) is 31.4 Å². The van der Waals surface area contributed by atoms with Crippen LogP contribution >= 0.6 is 11.6 Å². The van der Waals surface area contributed by atoms with E-state index in [2.05, 4.69) is 4.74 Å². The van der Waals surface area contributed by atoms with Gasteiger partial charge in [-0.3, -0.25) is 4.89 Å². The van der Waals surface area contributed by atoms with Crippen molar-refractivity contribution in [1.29, 1.82) is 0 Å². The molecular formula is C14H16ClNO5. The molecule has 0 saturated carbocycles. The summed E-state index contributed by atoms with van der Waals surface area (Å²) in [6, 6.07) is 4.30. The Hall–Kier alpha value is -1.95. The summed E-state index contributed by atoms with van der Waals surface area (Å²) in [6.45, 7) is 1.34. The van der Waals surface area contributed by atoms with Crippen LogP contribution in [0.4, 0.5) is 4.79 Å². The number of amides is 1. The molecule has 1 aromatic carbocycles. The zero-order valence-electron chi connectivity index (χ0n) is 11.6. The Morgan fingerprint density at radius 2 is 1.90 bits per heavy atom. The molecule has 1 saturated heterocycles. The van der Waals surface area contributed by atoms with E-state index in [0.29, 0.717) is 13.1 Å². The Labute approximate surface area is 127 Å². The highest BCUT2D eigenvalue weighted by molar-refractivity contribution is 6.33. The molecule has 0 atom stereocenters. The molecule has 1 fully saturated rings. The number of likely N-dealkylation sites (tertiary alicyclic amines) is 1. The topological polar surface area (TPSA) is 65.1 Å². The second kappa shape index (κ2) is 7.17. The standard InChI is InChI=1S/C14H16ClNO5/c1-19-13(17)11-6-5-10(9-12(11)15)20-21-14(18)16-7-3-2-4-8-16/h5-6,9H,2-4,7-8H2,1H3. The van der Waals surface area contributed by atoms with Gasteiger partial charge in [0, 0.05) is 19.2 Å². The van der Waals surface area contributed by atoms with Gasteiger partial charge in [0.1, 0.15) is 0 Å². The number of carbonyl (C=O) groups excluding carboxylic acids is 2. The summed E-state index contributed by atoms with van der Waals surface area (Å²) in [5.74, 6) is -0.310. The number of halogens is 1. The number of methoxy groups -OCH3 is 1. The highest BCUT2D eigenvalue weighted by Crippen LogP contribution is 2.23. The predicted octanol–water partition coefficient (Wildman–Crippen LogP) is 3.04. The molecule has 0 aromatic heterocycles. The van der Waals surface area contributed by atoms with Gasteiger partial charge in [-0.25, -0.2) is 14.5 Å². The van der Waals surface area contributed by atoms with Crippen molar-refractivity contribution >= 4 is 23.7 Å². The molecule has 1 amide bonds. The quantitative estimate of drug-likeness (QED) is 0.487. The average molecular weight is 314 g/mol. The summed E-state index contributed by atoms with van der Waals surface area (Å²) in [4.78, 5) is 34.4. The number of hydrogen-bond donors (Lipinski definition) is 0. The third-order valence-electron chi connectivity index (χ3n) is 3.17. The lowest BCUT2D eigenvalue weighted by Gasteiger charge is -2.24. The molecule has 1 heterocycles. The monoisotopic (exact) mass is 313 g/mol. The van der Waals surface area contributed by atoms with E-state index in [1.165, 1.54) is 25.3 Å². The number of piperidine rings is 1. The number of hydrogen-bond acceptors (Lipinski definition) is 5. The van der Waals surface area contributed by atoms with Crippen molar-refractivity contribution in [3.8, 4) is 5.75 Å². The maximum atomic E-state index is 11.7. The fourth-order valence-corrected chi connectivity index (χ4v) is 2.28. The van der Waals surface area contributed by atoms with Crippen molar-refractivity contribution in [3.05, 3.63) is 28.8 Å². The van der Waals surface area contributed by atoms with Crippen LogP contribution in [0.15, 0.2) is 18.2 Å². The second-order valence-corrected chi connectivity index (χ2v) is 5.02. The van der Waals surface area contributed by atoms with E-state index in [1.807, 2.05) is 0 Å².